The quantitative estimate of drug-likeness (QED) is 0.120. The molecule has 0 aliphatic heterocycles. The van der Waals surface area contributed by atoms with Crippen molar-refractivity contribution < 1.29 is 0 Å². The van der Waals surface area contributed by atoms with Gasteiger partial charge in [0.15, 0.2) is 0 Å². The first-order chi connectivity index (χ1) is 23.0. The van der Waals surface area contributed by atoms with E-state index in [1.54, 1.807) is 0 Å². The van der Waals surface area contributed by atoms with Crippen LogP contribution >= 0.6 is 0 Å². The summed E-state index contributed by atoms with van der Waals surface area (Å²) in [7, 11) is 0. The van der Waals surface area contributed by atoms with E-state index in [0.29, 0.717) is 23.7 Å². The molecule has 5 aromatic rings. The zero-order valence-corrected chi connectivity index (χ0v) is 30.1. The minimum absolute atomic E-state index is 0.503. The van der Waals surface area contributed by atoms with Gasteiger partial charge in [-0.05, 0) is 116 Å². The molecule has 0 saturated carbocycles. The first kappa shape index (κ1) is 34.7. The zero-order valence-electron chi connectivity index (χ0n) is 30.1. The second-order valence-corrected chi connectivity index (χ2v) is 14.5. The summed E-state index contributed by atoms with van der Waals surface area (Å²) in [5.41, 5.74) is 6.22. The van der Waals surface area contributed by atoms with E-state index in [2.05, 4.69) is 162 Å². The molecule has 5 rings (SSSR count). The Kier molecular flexibility index (Phi) is 11.6. The molecule has 0 aliphatic rings. The predicted molar refractivity (Wildman–Crippen MR) is 201 cm³/mol. The van der Waals surface area contributed by atoms with Crippen LogP contribution in [0.4, 0.5) is 34.6 Å². The number of pyridine rings is 4. The maximum atomic E-state index is 5.17. The Balaban J connectivity index is 1.68. The number of hydrogen-bond donors (Lipinski definition) is 0. The third kappa shape index (κ3) is 9.27. The van der Waals surface area contributed by atoms with Gasteiger partial charge in [-0.15, -0.1) is 0 Å². The third-order valence-corrected chi connectivity index (χ3v) is 7.90. The number of anilines is 6. The number of aromatic nitrogens is 4. The van der Waals surface area contributed by atoms with E-state index in [-0.39, 0.29) is 0 Å². The average Bonchev–Trinajstić information content (AvgIpc) is 3.01. The molecule has 0 radical (unpaired) electrons. The number of benzene rings is 1. The van der Waals surface area contributed by atoms with Crippen LogP contribution in [-0.4, -0.2) is 19.9 Å². The third-order valence-electron chi connectivity index (χ3n) is 7.90. The molecule has 4 heterocycles. The Bertz CT molecular complexity index is 1540. The van der Waals surface area contributed by atoms with Crippen LogP contribution < -0.4 is 9.80 Å². The van der Waals surface area contributed by atoms with E-state index in [1.807, 2.05) is 0 Å². The van der Waals surface area contributed by atoms with Crippen LogP contribution in [0, 0.1) is 23.7 Å². The van der Waals surface area contributed by atoms with E-state index in [9.17, 15) is 0 Å². The lowest BCUT2D eigenvalue weighted by atomic mass is 10.1. The normalized spacial score (nSPS) is 11.6. The van der Waals surface area contributed by atoms with Crippen molar-refractivity contribution in [1.29, 1.82) is 0 Å². The summed E-state index contributed by atoms with van der Waals surface area (Å²) in [6.07, 6.45) is 3.64. The maximum Gasteiger partial charge on any atom is 0.139 e. The van der Waals surface area contributed by atoms with Crippen molar-refractivity contribution in [2.24, 2.45) is 23.7 Å². The minimum Gasteiger partial charge on any atom is -0.279 e. The molecule has 48 heavy (non-hydrogen) atoms. The van der Waals surface area contributed by atoms with Crippen molar-refractivity contribution >= 4 is 34.6 Å². The fraction of sp³-hybridized carbons (Fsp3) is 0.381. The molecule has 0 aliphatic carbocycles. The lowest BCUT2D eigenvalue weighted by Crippen LogP contribution is -2.17. The molecule has 250 valence electrons. The standard InChI is InChI=1S/C42H52N6/c1-29(2)24-33-14-9-20-39(43-33)47(40-21-10-15-34(44-40)25-30(3)4)37-18-13-19-38(28-37)48(41-22-11-16-35(45-41)26-31(5)6)42-23-12-17-36(46-42)27-32(7)8/h9-23,28-32H,24-27H2,1-8H3. The van der Waals surface area contributed by atoms with Crippen molar-refractivity contribution in [2.75, 3.05) is 9.80 Å². The second-order valence-electron chi connectivity index (χ2n) is 14.5. The van der Waals surface area contributed by atoms with E-state index in [1.165, 1.54) is 0 Å². The van der Waals surface area contributed by atoms with Gasteiger partial charge >= 0.3 is 0 Å². The largest absolute Gasteiger partial charge is 0.279 e. The summed E-state index contributed by atoms with van der Waals surface area (Å²) in [6.45, 7) is 17.9. The van der Waals surface area contributed by atoms with Crippen molar-refractivity contribution in [2.45, 2.75) is 81.1 Å². The molecule has 0 unspecified atom stereocenters. The molecule has 1 aromatic carbocycles. The van der Waals surface area contributed by atoms with Crippen molar-refractivity contribution in [3.05, 3.63) is 120 Å². The van der Waals surface area contributed by atoms with Gasteiger partial charge in [-0.2, -0.15) is 0 Å². The summed E-state index contributed by atoms with van der Waals surface area (Å²) >= 11 is 0. The summed E-state index contributed by atoms with van der Waals surface area (Å²) in [5, 5.41) is 0. The Labute approximate surface area is 288 Å². The van der Waals surface area contributed by atoms with Crippen molar-refractivity contribution in [1.82, 2.24) is 19.9 Å². The van der Waals surface area contributed by atoms with Crippen molar-refractivity contribution in [3.63, 3.8) is 0 Å². The van der Waals surface area contributed by atoms with E-state index in [0.717, 1.165) is 83.1 Å². The molecule has 0 saturated heterocycles. The van der Waals surface area contributed by atoms with Gasteiger partial charge in [0.1, 0.15) is 23.3 Å². The average molecular weight is 641 g/mol. The second kappa shape index (κ2) is 16.0. The van der Waals surface area contributed by atoms with Gasteiger partial charge in [0.2, 0.25) is 0 Å². The smallest absolute Gasteiger partial charge is 0.139 e. The predicted octanol–water partition coefficient (Wildman–Crippen LogP) is 11.0. The summed E-state index contributed by atoms with van der Waals surface area (Å²) in [4.78, 5) is 25.1. The highest BCUT2D eigenvalue weighted by molar-refractivity contribution is 5.79. The molecule has 0 N–H and O–H groups in total. The molecule has 6 nitrogen and oxygen atoms in total. The molecule has 0 atom stereocenters. The van der Waals surface area contributed by atoms with Crippen LogP contribution in [-0.2, 0) is 25.7 Å². The number of nitrogens with zero attached hydrogens (tertiary/aromatic N) is 6. The van der Waals surface area contributed by atoms with E-state index in [4.69, 9.17) is 19.9 Å². The van der Waals surface area contributed by atoms with Gasteiger partial charge in [-0.1, -0.05) is 85.7 Å². The number of hydrogen-bond acceptors (Lipinski definition) is 6. The molecule has 6 heteroatoms. The molecule has 4 aromatic heterocycles. The highest BCUT2D eigenvalue weighted by Crippen LogP contribution is 2.38. The minimum atomic E-state index is 0.503. The fourth-order valence-electron chi connectivity index (χ4n) is 6.03. The van der Waals surface area contributed by atoms with Crippen LogP contribution in [0.2, 0.25) is 0 Å². The molecule has 0 amide bonds. The Morgan fingerprint density at radius 2 is 0.625 bits per heavy atom. The summed E-state index contributed by atoms with van der Waals surface area (Å²) in [5.74, 6) is 5.40. The van der Waals surface area contributed by atoms with Crippen molar-refractivity contribution in [3.8, 4) is 0 Å². The Hall–Kier alpha value is -4.58. The Morgan fingerprint density at radius 1 is 0.375 bits per heavy atom. The highest BCUT2D eigenvalue weighted by atomic mass is 15.3. The zero-order chi connectivity index (χ0) is 34.2. The highest BCUT2D eigenvalue weighted by Gasteiger charge is 2.21. The van der Waals surface area contributed by atoms with Gasteiger partial charge < -0.3 is 0 Å². The van der Waals surface area contributed by atoms with Gasteiger partial charge in [-0.3, -0.25) is 9.80 Å². The monoisotopic (exact) mass is 640 g/mol. The lowest BCUT2D eigenvalue weighted by molar-refractivity contribution is 0.634. The first-order valence-corrected chi connectivity index (χ1v) is 17.6. The summed E-state index contributed by atoms with van der Waals surface area (Å²) < 4.78 is 0. The van der Waals surface area contributed by atoms with Gasteiger partial charge in [0.05, 0.1) is 11.4 Å². The van der Waals surface area contributed by atoms with Gasteiger partial charge in [-0.25, -0.2) is 19.9 Å². The molecular weight excluding hydrogens is 589 g/mol. The Morgan fingerprint density at radius 3 is 0.875 bits per heavy atom. The summed E-state index contributed by atoms with van der Waals surface area (Å²) in [6, 6.07) is 33.8. The molecule has 0 spiro atoms. The van der Waals surface area contributed by atoms with E-state index < -0.39 is 0 Å². The maximum absolute atomic E-state index is 5.17. The molecular formula is C42H52N6. The molecule has 0 bridgehead atoms. The van der Waals surface area contributed by atoms with E-state index >= 15 is 0 Å². The first-order valence-electron chi connectivity index (χ1n) is 17.6. The van der Waals surface area contributed by atoms with Crippen LogP contribution in [0.3, 0.4) is 0 Å². The van der Waals surface area contributed by atoms with Crippen LogP contribution in [0.5, 0.6) is 0 Å². The lowest BCUT2D eigenvalue weighted by Gasteiger charge is -2.28. The number of rotatable bonds is 14. The van der Waals surface area contributed by atoms with Gasteiger partial charge in [0, 0.05) is 22.8 Å². The van der Waals surface area contributed by atoms with Crippen LogP contribution in [0.15, 0.2) is 97.1 Å². The van der Waals surface area contributed by atoms with Crippen LogP contribution in [0.1, 0.15) is 78.2 Å². The fourth-order valence-corrected chi connectivity index (χ4v) is 6.03. The van der Waals surface area contributed by atoms with Gasteiger partial charge in [0.25, 0.3) is 0 Å². The molecule has 0 fully saturated rings. The SMILES string of the molecule is CC(C)Cc1cccc(N(c2cccc(N(c3cccc(CC(C)C)n3)c3cccc(CC(C)C)n3)c2)c2cccc(CC(C)C)n2)n1. The topological polar surface area (TPSA) is 58.0 Å². The van der Waals surface area contributed by atoms with Crippen LogP contribution in [0.25, 0.3) is 0 Å².